The summed E-state index contributed by atoms with van der Waals surface area (Å²) in [6.07, 6.45) is 6.91. The minimum Gasteiger partial charge on any atom is -0.387 e. The molecule has 0 radical (unpaired) electrons. The maximum Gasteiger partial charge on any atom is 0.229 e. The van der Waals surface area contributed by atoms with Crippen molar-refractivity contribution in [2.45, 2.75) is 44.6 Å². The predicted octanol–water partition coefficient (Wildman–Crippen LogP) is 2.96. The summed E-state index contributed by atoms with van der Waals surface area (Å²) in [5, 5.41) is 10.9. The fourth-order valence-corrected chi connectivity index (χ4v) is 3.46. The summed E-state index contributed by atoms with van der Waals surface area (Å²) in [5.74, 6) is -0.318. The maximum atomic E-state index is 11.7. The minimum absolute atomic E-state index is 0.318. The van der Waals surface area contributed by atoms with Crippen LogP contribution in [0.2, 0.25) is 0 Å². The first-order valence-electron chi connectivity index (χ1n) is 9.16. The van der Waals surface area contributed by atoms with Crippen LogP contribution in [0.15, 0.2) is 36.8 Å². The Balaban J connectivity index is 1.71. The highest BCUT2D eigenvalue weighted by atomic mass is 16.3. The Morgan fingerprint density at radius 2 is 1.96 bits per heavy atom. The molecule has 1 aliphatic rings. The van der Waals surface area contributed by atoms with Gasteiger partial charge in [-0.05, 0) is 49.9 Å². The molecule has 1 fully saturated rings. The second-order valence-corrected chi connectivity index (χ2v) is 7.28. The number of aliphatic hydroxyl groups excluding tert-OH is 1. The van der Waals surface area contributed by atoms with Crippen molar-refractivity contribution in [2.75, 3.05) is 0 Å². The molecule has 6 heteroatoms. The molecule has 6 nitrogen and oxygen atoms in total. The molecule has 0 unspecified atom stereocenters. The molecule has 3 aromatic heterocycles. The molecule has 0 aromatic carbocycles. The third kappa shape index (κ3) is 2.96. The van der Waals surface area contributed by atoms with Crippen LogP contribution in [0.5, 0.6) is 0 Å². The van der Waals surface area contributed by atoms with Gasteiger partial charge >= 0.3 is 0 Å². The van der Waals surface area contributed by atoms with Crippen LogP contribution in [0.25, 0.3) is 22.0 Å². The molecule has 27 heavy (non-hydrogen) atoms. The summed E-state index contributed by atoms with van der Waals surface area (Å²) < 4.78 is 0. The standard InChI is InChI=1S/C21H22N4O2/c1-3-18(26)17-6-12(2)15(11-24-17)13-7-14-10-25-19(8-16(14)23-9-13)21(4-5-21)20(22)27/h6-11,18,26H,3-5H2,1-2H3,(H2,22,27)/t18-/m1/s1. The zero-order valence-electron chi connectivity index (χ0n) is 15.4. The van der Waals surface area contributed by atoms with E-state index in [9.17, 15) is 9.90 Å². The zero-order valence-corrected chi connectivity index (χ0v) is 15.4. The van der Waals surface area contributed by atoms with Gasteiger partial charge in [-0.1, -0.05) is 6.92 Å². The van der Waals surface area contributed by atoms with Crippen LogP contribution >= 0.6 is 0 Å². The Kier molecular flexibility index (Phi) is 4.15. The van der Waals surface area contributed by atoms with Crippen molar-refractivity contribution in [3.8, 4) is 11.1 Å². The number of aryl methyl sites for hydroxylation is 1. The Morgan fingerprint density at radius 1 is 1.19 bits per heavy atom. The lowest BCUT2D eigenvalue weighted by molar-refractivity contribution is -0.120. The molecule has 1 saturated carbocycles. The number of aromatic nitrogens is 3. The van der Waals surface area contributed by atoms with Gasteiger partial charge in [-0.15, -0.1) is 0 Å². The van der Waals surface area contributed by atoms with Gasteiger partial charge in [-0.3, -0.25) is 19.7 Å². The average molecular weight is 362 g/mol. The highest BCUT2D eigenvalue weighted by Gasteiger charge is 2.51. The monoisotopic (exact) mass is 362 g/mol. The van der Waals surface area contributed by atoms with Crippen LogP contribution in [-0.4, -0.2) is 26.0 Å². The van der Waals surface area contributed by atoms with Gasteiger partial charge in [0.25, 0.3) is 0 Å². The summed E-state index contributed by atoms with van der Waals surface area (Å²) in [6, 6.07) is 5.80. The molecule has 138 valence electrons. The number of carbonyl (C=O) groups is 1. The van der Waals surface area contributed by atoms with Crippen molar-refractivity contribution in [1.29, 1.82) is 0 Å². The number of fused-ring (bicyclic) bond motifs is 1. The number of pyridine rings is 3. The highest BCUT2D eigenvalue weighted by Crippen LogP contribution is 2.47. The predicted molar refractivity (Wildman–Crippen MR) is 103 cm³/mol. The van der Waals surface area contributed by atoms with Crippen molar-refractivity contribution in [3.05, 3.63) is 53.7 Å². The van der Waals surface area contributed by atoms with Crippen LogP contribution in [-0.2, 0) is 10.2 Å². The molecule has 0 bridgehead atoms. The maximum absolute atomic E-state index is 11.7. The number of hydrogen-bond donors (Lipinski definition) is 2. The molecule has 1 aliphatic carbocycles. The zero-order chi connectivity index (χ0) is 19.2. The number of aliphatic hydroxyl groups is 1. The summed E-state index contributed by atoms with van der Waals surface area (Å²) in [4.78, 5) is 25.2. The van der Waals surface area contributed by atoms with Crippen LogP contribution in [0, 0.1) is 6.92 Å². The Morgan fingerprint density at radius 3 is 2.59 bits per heavy atom. The van der Waals surface area contributed by atoms with E-state index < -0.39 is 11.5 Å². The first-order valence-corrected chi connectivity index (χ1v) is 9.16. The lowest BCUT2D eigenvalue weighted by Crippen LogP contribution is -2.29. The Labute approximate surface area is 157 Å². The first kappa shape index (κ1) is 17.5. The van der Waals surface area contributed by atoms with Crippen molar-refractivity contribution in [3.63, 3.8) is 0 Å². The number of carbonyl (C=O) groups excluding carboxylic acids is 1. The van der Waals surface area contributed by atoms with Gasteiger partial charge in [-0.2, -0.15) is 0 Å². The van der Waals surface area contributed by atoms with Gasteiger partial charge < -0.3 is 10.8 Å². The van der Waals surface area contributed by atoms with Crippen molar-refractivity contribution < 1.29 is 9.90 Å². The molecule has 0 saturated heterocycles. The topological polar surface area (TPSA) is 102 Å². The van der Waals surface area contributed by atoms with Gasteiger partial charge in [-0.25, -0.2) is 0 Å². The molecule has 0 spiro atoms. The molecule has 3 N–H and O–H groups in total. The lowest BCUT2D eigenvalue weighted by atomic mass is 9.99. The quantitative estimate of drug-likeness (QED) is 0.726. The van der Waals surface area contributed by atoms with Crippen molar-refractivity contribution >= 4 is 16.8 Å². The van der Waals surface area contributed by atoms with E-state index in [1.54, 1.807) is 18.6 Å². The number of amides is 1. The summed E-state index contributed by atoms with van der Waals surface area (Å²) in [5.41, 5.74) is 10.1. The van der Waals surface area contributed by atoms with Crippen molar-refractivity contribution in [2.24, 2.45) is 5.73 Å². The van der Waals surface area contributed by atoms with Crippen LogP contribution in [0.4, 0.5) is 0 Å². The third-order valence-electron chi connectivity index (χ3n) is 5.45. The minimum atomic E-state index is -0.606. The van der Waals surface area contributed by atoms with Gasteiger partial charge in [0.1, 0.15) is 0 Å². The molecule has 4 rings (SSSR count). The molecule has 1 amide bonds. The average Bonchev–Trinajstić information content (AvgIpc) is 3.48. The SMILES string of the molecule is CC[C@@H](O)c1cc(C)c(-c2cnc3cc(C4(C(N)=O)CC4)ncc3c2)cn1. The highest BCUT2D eigenvalue weighted by molar-refractivity contribution is 5.91. The summed E-state index contributed by atoms with van der Waals surface area (Å²) >= 11 is 0. The van der Waals surface area contributed by atoms with Gasteiger partial charge in [0, 0.05) is 35.1 Å². The molecular weight excluding hydrogens is 340 g/mol. The number of nitrogens with zero attached hydrogens (tertiary/aromatic N) is 3. The Hall–Kier alpha value is -2.86. The van der Waals surface area contributed by atoms with Crippen LogP contribution in [0.1, 0.15) is 49.2 Å². The van der Waals surface area contributed by atoms with E-state index in [2.05, 4.69) is 15.0 Å². The summed E-state index contributed by atoms with van der Waals surface area (Å²) in [6.45, 7) is 3.92. The molecule has 0 aliphatic heterocycles. The largest absolute Gasteiger partial charge is 0.387 e. The second kappa shape index (κ2) is 6.39. The summed E-state index contributed by atoms with van der Waals surface area (Å²) in [7, 11) is 0. The fraction of sp³-hybridized carbons (Fsp3) is 0.333. The number of rotatable bonds is 5. The number of hydrogen-bond acceptors (Lipinski definition) is 5. The second-order valence-electron chi connectivity index (χ2n) is 7.28. The van der Waals surface area contributed by atoms with E-state index in [4.69, 9.17) is 5.73 Å². The van der Waals surface area contributed by atoms with E-state index in [-0.39, 0.29) is 5.91 Å². The van der Waals surface area contributed by atoms with Gasteiger partial charge in [0.2, 0.25) is 5.91 Å². The van der Waals surface area contributed by atoms with E-state index in [1.165, 1.54) is 0 Å². The molecule has 3 aromatic rings. The lowest BCUT2D eigenvalue weighted by Gasteiger charge is -2.13. The smallest absolute Gasteiger partial charge is 0.229 e. The third-order valence-corrected chi connectivity index (χ3v) is 5.45. The van der Waals surface area contributed by atoms with Crippen LogP contribution < -0.4 is 5.73 Å². The Bertz CT molecular complexity index is 1040. The van der Waals surface area contributed by atoms with Crippen molar-refractivity contribution in [1.82, 2.24) is 15.0 Å². The van der Waals surface area contributed by atoms with Crippen LogP contribution in [0.3, 0.4) is 0 Å². The van der Waals surface area contributed by atoms with E-state index in [0.717, 1.165) is 40.4 Å². The molecule has 1 atom stereocenters. The number of nitrogens with two attached hydrogens (primary N) is 1. The first-order chi connectivity index (χ1) is 12.9. The van der Waals surface area contributed by atoms with E-state index >= 15 is 0 Å². The van der Waals surface area contributed by atoms with Gasteiger partial charge in [0.15, 0.2) is 0 Å². The fourth-order valence-electron chi connectivity index (χ4n) is 3.46. The normalized spacial score (nSPS) is 16.3. The molecule has 3 heterocycles. The van der Waals surface area contributed by atoms with E-state index in [1.807, 2.05) is 32.0 Å². The molecular formula is C21H22N4O2. The van der Waals surface area contributed by atoms with E-state index in [0.29, 0.717) is 17.8 Å². The number of primary amides is 1. The van der Waals surface area contributed by atoms with Gasteiger partial charge in [0.05, 0.1) is 28.4 Å².